The Morgan fingerprint density at radius 3 is 2.52 bits per heavy atom. The molecule has 0 aliphatic heterocycles. The van der Waals surface area contributed by atoms with Gasteiger partial charge in [0.2, 0.25) is 0 Å². The van der Waals surface area contributed by atoms with Gasteiger partial charge in [0.25, 0.3) is 10.0 Å². The number of benzene rings is 2. The standard InChI is InChI=1S/C24H24N4O4S/c1-15-5-4-6-16(2)23(15)28-33(30,31)22-13-18(8-10-21(22)32-3)26-24(29)20-9-7-17-14-25-12-11-19(17)27-20/h4-14,24,26,28-29H,1-3H3. The van der Waals surface area contributed by atoms with Crippen LogP contribution < -0.4 is 14.8 Å². The quantitative estimate of drug-likeness (QED) is 0.352. The zero-order valence-electron chi connectivity index (χ0n) is 18.4. The fraction of sp³-hybridized carbons (Fsp3) is 0.167. The number of nitrogens with one attached hydrogen (secondary N) is 2. The zero-order chi connectivity index (χ0) is 23.6. The van der Waals surface area contributed by atoms with Crippen LogP contribution in [0.3, 0.4) is 0 Å². The maximum absolute atomic E-state index is 13.2. The van der Waals surface area contributed by atoms with Gasteiger partial charge in [-0.05, 0) is 61.4 Å². The molecule has 0 amide bonds. The van der Waals surface area contributed by atoms with E-state index in [0.717, 1.165) is 16.5 Å². The van der Waals surface area contributed by atoms with Crippen molar-refractivity contribution in [2.45, 2.75) is 25.0 Å². The van der Waals surface area contributed by atoms with Crippen molar-refractivity contribution in [1.29, 1.82) is 0 Å². The van der Waals surface area contributed by atoms with Crippen molar-refractivity contribution >= 4 is 32.3 Å². The Hall–Kier alpha value is -3.69. The number of rotatable bonds is 7. The molecule has 4 aromatic rings. The minimum atomic E-state index is -3.97. The molecule has 2 heterocycles. The molecular weight excluding hydrogens is 440 g/mol. The van der Waals surface area contributed by atoms with E-state index in [1.54, 1.807) is 30.6 Å². The fourth-order valence-electron chi connectivity index (χ4n) is 3.51. The minimum Gasteiger partial charge on any atom is -0.495 e. The van der Waals surface area contributed by atoms with E-state index < -0.39 is 16.3 Å². The summed E-state index contributed by atoms with van der Waals surface area (Å²) in [7, 11) is -2.57. The molecular formula is C24H24N4O4S. The third-order valence-electron chi connectivity index (χ3n) is 5.27. The maximum atomic E-state index is 13.2. The predicted molar refractivity (Wildman–Crippen MR) is 128 cm³/mol. The van der Waals surface area contributed by atoms with Gasteiger partial charge in [-0.25, -0.2) is 13.4 Å². The first-order valence-corrected chi connectivity index (χ1v) is 11.7. The zero-order valence-corrected chi connectivity index (χ0v) is 19.2. The van der Waals surface area contributed by atoms with Crippen LogP contribution in [-0.4, -0.2) is 30.6 Å². The fourth-order valence-corrected chi connectivity index (χ4v) is 4.91. The van der Waals surface area contributed by atoms with Crippen LogP contribution >= 0.6 is 0 Å². The van der Waals surface area contributed by atoms with Gasteiger partial charge < -0.3 is 15.2 Å². The molecule has 1 unspecified atom stereocenters. The second-order valence-corrected chi connectivity index (χ2v) is 9.24. The molecule has 0 saturated carbocycles. The van der Waals surface area contributed by atoms with E-state index in [-0.39, 0.29) is 10.6 Å². The summed E-state index contributed by atoms with van der Waals surface area (Å²) in [5.74, 6) is 0.185. The van der Waals surface area contributed by atoms with Gasteiger partial charge in [-0.2, -0.15) is 0 Å². The van der Waals surface area contributed by atoms with E-state index in [9.17, 15) is 13.5 Å². The number of aryl methyl sites for hydroxylation is 2. The number of para-hydroxylation sites is 1. The Morgan fingerprint density at radius 1 is 1.03 bits per heavy atom. The number of hydrogen-bond acceptors (Lipinski definition) is 7. The largest absolute Gasteiger partial charge is 0.495 e. The molecule has 0 aliphatic rings. The molecule has 0 bridgehead atoms. The summed E-state index contributed by atoms with van der Waals surface area (Å²) in [5.41, 5.74) is 3.61. The molecule has 0 radical (unpaired) electrons. The van der Waals surface area contributed by atoms with Crippen LogP contribution in [0.5, 0.6) is 5.75 Å². The molecule has 0 fully saturated rings. The number of anilines is 2. The highest BCUT2D eigenvalue weighted by Gasteiger charge is 2.22. The Balaban J connectivity index is 1.64. The molecule has 2 aromatic carbocycles. The smallest absolute Gasteiger partial charge is 0.265 e. The van der Waals surface area contributed by atoms with E-state index in [0.29, 0.717) is 22.6 Å². The third-order valence-corrected chi connectivity index (χ3v) is 6.64. The predicted octanol–water partition coefficient (Wildman–Crippen LogP) is 4.16. The molecule has 170 valence electrons. The van der Waals surface area contributed by atoms with Crippen molar-refractivity contribution in [3.8, 4) is 5.75 Å². The van der Waals surface area contributed by atoms with E-state index in [1.165, 1.54) is 19.2 Å². The highest BCUT2D eigenvalue weighted by molar-refractivity contribution is 7.92. The summed E-state index contributed by atoms with van der Waals surface area (Å²) in [6.07, 6.45) is 2.16. The maximum Gasteiger partial charge on any atom is 0.265 e. The number of nitrogens with zero attached hydrogens (tertiary/aromatic N) is 2. The molecule has 0 saturated heterocycles. The van der Waals surface area contributed by atoms with Crippen LogP contribution in [0.25, 0.3) is 10.9 Å². The number of aromatic nitrogens is 2. The number of pyridine rings is 2. The van der Waals surface area contributed by atoms with Crippen LogP contribution in [-0.2, 0) is 10.0 Å². The van der Waals surface area contributed by atoms with Crippen molar-refractivity contribution in [3.05, 3.63) is 83.8 Å². The second kappa shape index (κ2) is 9.05. The Morgan fingerprint density at radius 2 is 1.79 bits per heavy atom. The van der Waals surface area contributed by atoms with Crippen LogP contribution in [0.4, 0.5) is 11.4 Å². The summed E-state index contributed by atoms with van der Waals surface area (Å²) in [5, 5.41) is 14.4. The minimum absolute atomic E-state index is 0.0533. The highest BCUT2D eigenvalue weighted by atomic mass is 32.2. The van der Waals surface area contributed by atoms with Crippen molar-refractivity contribution in [1.82, 2.24) is 9.97 Å². The second-order valence-electron chi connectivity index (χ2n) is 7.59. The molecule has 0 aliphatic carbocycles. The average Bonchev–Trinajstić information content (AvgIpc) is 2.81. The number of sulfonamides is 1. The number of methoxy groups -OCH3 is 1. The van der Waals surface area contributed by atoms with Gasteiger partial charge in [0.1, 0.15) is 10.6 Å². The van der Waals surface area contributed by atoms with E-state index >= 15 is 0 Å². The van der Waals surface area contributed by atoms with Crippen LogP contribution in [0, 0.1) is 13.8 Å². The van der Waals surface area contributed by atoms with Gasteiger partial charge in [-0.3, -0.25) is 9.71 Å². The first-order chi connectivity index (χ1) is 15.8. The van der Waals surface area contributed by atoms with Crippen LogP contribution in [0.2, 0.25) is 0 Å². The van der Waals surface area contributed by atoms with E-state index in [1.807, 2.05) is 38.1 Å². The van der Waals surface area contributed by atoms with Crippen molar-refractivity contribution < 1.29 is 18.3 Å². The normalized spacial score (nSPS) is 12.4. The average molecular weight is 465 g/mol. The number of aliphatic hydroxyl groups is 1. The molecule has 9 heteroatoms. The number of aliphatic hydroxyl groups excluding tert-OH is 1. The SMILES string of the molecule is COc1ccc(NC(O)c2ccc3cnccc3n2)cc1S(=O)(=O)Nc1c(C)cccc1C. The molecule has 8 nitrogen and oxygen atoms in total. The van der Waals surface area contributed by atoms with Gasteiger partial charge in [0, 0.05) is 23.5 Å². The molecule has 4 rings (SSSR count). The topological polar surface area (TPSA) is 113 Å². The van der Waals surface area contributed by atoms with Crippen molar-refractivity contribution in [2.24, 2.45) is 0 Å². The third kappa shape index (κ3) is 4.74. The van der Waals surface area contributed by atoms with Gasteiger partial charge in [0.05, 0.1) is 24.0 Å². The van der Waals surface area contributed by atoms with E-state index in [2.05, 4.69) is 20.0 Å². The number of fused-ring (bicyclic) bond motifs is 1. The summed E-state index contributed by atoms with van der Waals surface area (Å²) in [6.45, 7) is 3.67. The molecule has 33 heavy (non-hydrogen) atoms. The first kappa shape index (κ1) is 22.5. The lowest BCUT2D eigenvalue weighted by Crippen LogP contribution is -2.17. The summed E-state index contributed by atoms with van der Waals surface area (Å²) < 4.78 is 34.4. The van der Waals surface area contributed by atoms with Gasteiger partial charge in [-0.1, -0.05) is 18.2 Å². The first-order valence-electron chi connectivity index (χ1n) is 10.2. The number of ether oxygens (including phenoxy) is 1. The number of hydrogen-bond donors (Lipinski definition) is 3. The van der Waals surface area contributed by atoms with Crippen molar-refractivity contribution in [3.63, 3.8) is 0 Å². The summed E-state index contributed by atoms with van der Waals surface area (Å²) in [4.78, 5) is 8.44. The lowest BCUT2D eigenvalue weighted by atomic mass is 10.1. The molecule has 1 atom stereocenters. The highest BCUT2D eigenvalue weighted by Crippen LogP contribution is 2.31. The van der Waals surface area contributed by atoms with Crippen LogP contribution in [0.15, 0.2) is 71.9 Å². The molecule has 0 spiro atoms. The van der Waals surface area contributed by atoms with Gasteiger partial charge in [-0.15, -0.1) is 0 Å². The van der Waals surface area contributed by atoms with E-state index in [4.69, 9.17) is 4.74 Å². The summed E-state index contributed by atoms with van der Waals surface area (Å²) >= 11 is 0. The van der Waals surface area contributed by atoms with Gasteiger partial charge >= 0.3 is 0 Å². The Labute approximate surface area is 192 Å². The summed E-state index contributed by atoms with van der Waals surface area (Å²) in [6, 6.07) is 15.4. The monoisotopic (exact) mass is 464 g/mol. The lowest BCUT2D eigenvalue weighted by molar-refractivity contribution is 0.203. The van der Waals surface area contributed by atoms with Gasteiger partial charge in [0.15, 0.2) is 6.23 Å². The lowest BCUT2D eigenvalue weighted by Gasteiger charge is -2.18. The van der Waals surface area contributed by atoms with Crippen molar-refractivity contribution in [2.75, 3.05) is 17.1 Å². The van der Waals surface area contributed by atoms with Crippen LogP contribution in [0.1, 0.15) is 23.0 Å². The Bertz CT molecular complexity index is 1400. The molecule has 3 N–H and O–H groups in total. The molecule has 2 aromatic heterocycles. The Kier molecular flexibility index (Phi) is 6.17.